The molecule has 0 saturated carbocycles. The van der Waals surface area contributed by atoms with E-state index in [1.54, 1.807) is 12.4 Å². The number of hydrogen-bond donors (Lipinski definition) is 1. The normalized spacial score (nSPS) is 10.0. The number of hydrogen-bond acceptors (Lipinski definition) is 4. The van der Waals surface area contributed by atoms with Crippen molar-refractivity contribution in [2.24, 2.45) is 0 Å². The molecule has 0 aliphatic carbocycles. The van der Waals surface area contributed by atoms with Gasteiger partial charge in [-0.25, -0.2) is 0 Å². The molecule has 0 spiro atoms. The van der Waals surface area contributed by atoms with E-state index in [0.29, 0.717) is 9.65 Å². The second-order valence-corrected chi connectivity index (χ2v) is 4.30. The van der Waals surface area contributed by atoms with Gasteiger partial charge in [-0.15, -0.1) is 11.3 Å². The summed E-state index contributed by atoms with van der Waals surface area (Å²) in [6.45, 7) is 0. The number of H-pyrrole nitrogens is 1. The minimum absolute atomic E-state index is 0.521. The molecule has 0 amide bonds. The summed E-state index contributed by atoms with van der Waals surface area (Å²) in [5.41, 5.74) is 1.43. The molecule has 1 N–H and O–H groups in total. The van der Waals surface area contributed by atoms with Crippen LogP contribution in [0.5, 0.6) is 0 Å². The molecule has 2 rings (SSSR count). The van der Waals surface area contributed by atoms with Crippen LogP contribution < -0.4 is 0 Å². The molecule has 14 heavy (non-hydrogen) atoms. The van der Waals surface area contributed by atoms with Crippen LogP contribution in [0.1, 0.15) is 10.5 Å². The van der Waals surface area contributed by atoms with Gasteiger partial charge in [0.05, 0.1) is 10.6 Å². The average molecular weight is 222 g/mol. The minimum Gasteiger partial charge on any atom is -0.334 e. The van der Waals surface area contributed by atoms with Gasteiger partial charge in [0.1, 0.15) is 0 Å². The molecular weight excluding hydrogens is 216 g/mol. The van der Waals surface area contributed by atoms with Crippen LogP contribution >= 0.6 is 23.6 Å². The molecule has 0 unspecified atom stereocenters. The van der Waals surface area contributed by atoms with Gasteiger partial charge < -0.3 is 4.98 Å². The first-order valence-corrected chi connectivity index (χ1v) is 5.12. The molecule has 3 nitrogen and oxygen atoms in total. The zero-order chi connectivity index (χ0) is 9.97. The van der Waals surface area contributed by atoms with Crippen molar-refractivity contribution in [3.8, 4) is 10.4 Å². The van der Waals surface area contributed by atoms with E-state index in [2.05, 4.69) is 9.97 Å². The van der Waals surface area contributed by atoms with Gasteiger partial charge in [-0.2, -0.15) is 0 Å². The van der Waals surface area contributed by atoms with Crippen LogP contribution in [0.4, 0.5) is 0 Å². The van der Waals surface area contributed by atoms with Crippen LogP contribution in [-0.4, -0.2) is 16.3 Å². The Bertz CT molecular complexity index is 501. The predicted octanol–water partition coefficient (Wildman–Crippen LogP) is 2.68. The highest BCUT2D eigenvalue weighted by atomic mass is 32.1. The number of thiazole rings is 1. The van der Waals surface area contributed by atoms with E-state index >= 15 is 0 Å². The summed E-state index contributed by atoms with van der Waals surface area (Å²) in [6, 6.07) is 3.72. The number of aromatic nitrogens is 2. The Balaban J connectivity index is 2.62. The lowest BCUT2D eigenvalue weighted by molar-refractivity contribution is 0.112. The van der Waals surface area contributed by atoms with E-state index in [0.717, 1.165) is 16.7 Å². The Morgan fingerprint density at radius 1 is 1.57 bits per heavy atom. The Morgan fingerprint density at radius 3 is 3.07 bits per heavy atom. The molecule has 0 fully saturated rings. The van der Waals surface area contributed by atoms with Gasteiger partial charge in [0, 0.05) is 18.0 Å². The number of carbonyl (C=O) groups is 1. The Labute approximate surface area is 89.5 Å². The smallest absolute Gasteiger partial charge is 0.167 e. The molecule has 70 valence electrons. The van der Waals surface area contributed by atoms with E-state index < -0.39 is 0 Å². The van der Waals surface area contributed by atoms with Crippen molar-refractivity contribution in [1.29, 1.82) is 0 Å². The first-order valence-electron chi connectivity index (χ1n) is 3.90. The summed E-state index contributed by atoms with van der Waals surface area (Å²) in [5.74, 6) is 0. The summed E-state index contributed by atoms with van der Waals surface area (Å²) >= 11 is 6.35. The van der Waals surface area contributed by atoms with Gasteiger partial charge in [-0.1, -0.05) is 6.07 Å². The Morgan fingerprint density at radius 2 is 2.43 bits per heavy atom. The number of nitrogens with zero attached hydrogens (tertiary/aromatic N) is 1. The summed E-state index contributed by atoms with van der Waals surface area (Å²) in [4.78, 5) is 18.4. The van der Waals surface area contributed by atoms with Crippen molar-refractivity contribution in [1.82, 2.24) is 9.97 Å². The van der Waals surface area contributed by atoms with Gasteiger partial charge in [0.2, 0.25) is 0 Å². The number of aldehydes is 1. The fourth-order valence-electron chi connectivity index (χ4n) is 1.13. The van der Waals surface area contributed by atoms with Crippen LogP contribution in [0.15, 0.2) is 24.5 Å². The van der Waals surface area contributed by atoms with Gasteiger partial charge in [0.25, 0.3) is 0 Å². The van der Waals surface area contributed by atoms with Gasteiger partial charge in [-0.05, 0) is 18.3 Å². The lowest BCUT2D eigenvalue weighted by atomic mass is 10.2. The molecule has 2 aromatic rings. The fraction of sp³-hybridized carbons (Fsp3) is 0. The molecule has 0 aliphatic rings. The second-order valence-electron chi connectivity index (χ2n) is 2.62. The van der Waals surface area contributed by atoms with E-state index in [-0.39, 0.29) is 0 Å². The molecule has 0 aromatic carbocycles. The molecule has 0 bridgehead atoms. The molecule has 2 aromatic heterocycles. The van der Waals surface area contributed by atoms with Crippen LogP contribution in [0, 0.1) is 3.95 Å². The molecule has 0 radical (unpaired) electrons. The van der Waals surface area contributed by atoms with E-state index in [1.165, 1.54) is 11.3 Å². The maximum Gasteiger partial charge on any atom is 0.167 e. The predicted molar refractivity (Wildman–Crippen MR) is 58.1 cm³/mol. The first kappa shape index (κ1) is 9.23. The summed E-state index contributed by atoms with van der Waals surface area (Å²) in [6.07, 6.45) is 4.17. The minimum atomic E-state index is 0.521. The van der Waals surface area contributed by atoms with Crippen molar-refractivity contribution < 1.29 is 4.79 Å². The standard InChI is InChI=1S/C9H6N2OS2/c12-5-7-8(14-9(13)11-7)6-2-1-3-10-4-6/h1-5H,(H,11,13). The van der Waals surface area contributed by atoms with Crippen LogP contribution in [0.3, 0.4) is 0 Å². The SMILES string of the molecule is O=Cc1[nH]c(=S)sc1-c1cccnc1. The molecule has 0 saturated heterocycles. The highest BCUT2D eigenvalue weighted by Crippen LogP contribution is 2.26. The topological polar surface area (TPSA) is 45.8 Å². The average Bonchev–Trinajstić information content (AvgIpc) is 2.61. The van der Waals surface area contributed by atoms with E-state index in [4.69, 9.17) is 12.2 Å². The number of aromatic amines is 1. The fourth-order valence-corrected chi connectivity index (χ4v) is 2.29. The van der Waals surface area contributed by atoms with Crippen molar-refractivity contribution in [3.05, 3.63) is 34.2 Å². The quantitative estimate of drug-likeness (QED) is 0.627. The number of pyridine rings is 1. The summed E-state index contributed by atoms with van der Waals surface area (Å²) in [5, 5.41) is 0. The number of nitrogens with one attached hydrogen (secondary N) is 1. The third-order valence-corrected chi connectivity index (χ3v) is 3.02. The zero-order valence-corrected chi connectivity index (χ0v) is 8.69. The monoisotopic (exact) mass is 222 g/mol. The van der Waals surface area contributed by atoms with Crippen molar-refractivity contribution in [2.75, 3.05) is 0 Å². The molecule has 5 heteroatoms. The largest absolute Gasteiger partial charge is 0.334 e. The van der Waals surface area contributed by atoms with Gasteiger partial charge in [-0.3, -0.25) is 9.78 Å². The first-order chi connectivity index (χ1) is 6.81. The lowest BCUT2D eigenvalue weighted by Gasteiger charge is -1.95. The van der Waals surface area contributed by atoms with Crippen LogP contribution in [0.25, 0.3) is 10.4 Å². The van der Waals surface area contributed by atoms with Crippen molar-refractivity contribution in [3.63, 3.8) is 0 Å². The van der Waals surface area contributed by atoms with E-state index in [9.17, 15) is 4.79 Å². The molecular formula is C9H6N2OS2. The maximum atomic E-state index is 10.7. The van der Waals surface area contributed by atoms with Crippen molar-refractivity contribution in [2.45, 2.75) is 0 Å². The lowest BCUT2D eigenvalue weighted by Crippen LogP contribution is -1.83. The molecule has 0 atom stereocenters. The van der Waals surface area contributed by atoms with Crippen molar-refractivity contribution >= 4 is 29.8 Å². The van der Waals surface area contributed by atoms with Gasteiger partial charge in [0.15, 0.2) is 10.2 Å². The van der Waals surface area contributed by atoms with Crippen LogP contribution in [-0.2, 0) is 0 Å². The Hall–Kier alpha value is -1.33. The van der Waals surface area contributed by atoms with E-state index in [1.807, 2.05) is 12.1 Å². The molecule has 0 aliphatic heterocycles. The summed E-state index contributed by atoms with van der Waals surface area (Å²) < 4.78 is 0.603. The third-order valence-electron chi connectivity index (χ3n) is 1.72. The number of carbonyl (C=O) groups excluding carboxylic acids is 1. The van der Waals surface area contributed by atoms with Crippen LogP contribution in [0.2, 0.25) is 0 Å². The second kappa shape index (κ2) is 3.81. The summed E-state index contributed by atoms with van der Waals surface area (Å²) in [7, 11) is 0. The Kier molecular flexibility index (Phi) is 2.51. The molecule has 2 heterocycles. The third kappa shape index (κ3) is 1.64. The number of rotatable bonds is 2. The highest BCUT2D eigenvalue weighted by Gasteiger charge is 2.07. The highest BCUT2D eigenvalue weighted by molar-refractivity contribution is 7.73. The zero-order valence-electron chi connectivity index (χ0n) is 7.06. The maximum absolute atomic E-state index is 10.7. The van der Waals surface area contributed by atoms with Gasteiger partial charge >= 0.3 is 0 Å².